The minimum absolute atomic E-state index is 0.298. The van der Waals surface area contributed by atoms with Gasteiger partial charge in [-0.05, 0) is 122 Å². The molecule has 2 heterocycles. The van der Waals surface area contributed by atoms with Crippen molar-refractivity contribution in [1.29, 1.82) is 0 Å². The van der Waals surface area contributed by atoms with Crippen molar-refractivity contribution >= 4 is 43.6 Å². The molecule has 0 unspecified atom stereocenters. The lowest BCUT2D eigenvalue weighted by atomic mass is 9.81. The molecule has 0 saturated heterocycles. The molecule has 65 heavy (non-hydrogen) atoms. The Kier molecular flexibility index (Phi) is 8.29. The average molecular weight is 829 g/mol. The first-order valence-electron chi connectivity index (χ1n) is 22.7. The van der Waals surface area contributed by atoms with Crippen LogP contribution < -0.4 is 0 Å². The van der Waals surface area contributed by atoms with Gasteiger partial charge in [0.15, 0.2) is 0 Å². The van der Waals surface area contributed by atoms with Crippen LogP contribution in [0.1, 0.15) is 25.0 Å². The van der Waals surface area contributed by atoms with E-state index in [1.807, 2.05) is 0 Å². The maximum absolute atomic E-state index is 2.54. The summed E-state index contributed by atoms with van der Waals surface area (Å²) >= 11 is 0. The van der Waals surface area contributed by atoms with Crippen LogP contribution in [0.2, 0.25) is 0 Å². The van der Waals surface area contributed by atoms with Gasteiger partial charge in [0.2, 0.25) is 0 Å². The second-order valence-corrected chi connectivity index (χ2v) is 18.1. The zero-order chi connectivity index (χ0) is 43.2. The Morgan fingerprint density at radius 2 is 0.631 bits per heavy atom. The van der Waals surface area contributed by atoms with Crippen LogP contribution in [0, 0.1) is 0 Å². The molecule has 0 N–H and O–H groups in total. The molecular weight excluding hydrogens is 785 g/mol. The molecular formula is C63H44N2. The number of rotatable bonds is 6. The molecule has 10 aromatic carbocycles. The summed E-state index contributed by atoms with van der Waals surface area (Å²) in [4.78, 5) is 0. The number of benzene rings is 10. The first-order valence-corrected chi connectivity index (χ1v) is 22.7. The van der Waals surface area contributed by atoms with E-state index in [1.54, 1.807) is 0 Å². The van der Waals surface area contributed by atoms with E-state index in [0.717, 1.165) is 0 Å². The van der Waals surface area contributed by atoms with Crippen LogP contribution in [0.4, 0.5) is 0 Å². The van der Waals surface area contributed by atoms with Gasteiger partial charge >= 0.3 is 0 Å². The normalized spacial score (nSPS) is 12.9. The summed E-state index contributed by atoms with van der Waals surface area (Å²) in [5.41, 5.74) is 21.9. The van der Waals surface area contributed by atoms with Crippen LogP contribution in [-0.4, -0.2) is 9.13 Å². The summed E-state index contributed by atoms with van der Waals surface area (Å²) in [6, 6.07) is 85.1. The maximum atomic E-state index is 2.54. The van der Waals surface area contributed by atoms with Crippen LogP contribution in [-0.2, 0) is 5.41 Å². The topological polar surface area (TPSA) is 9.86 Å². The molecule has 0 saturated carbocycles. The summed E-state index contributed by atoms with van der Waals surface area (Å²) in [6.45, 7) is 4.84. The third kappa shape index (κ3) is 5.74. The molecule has 0 aliphatic heterocycles. The van der Waals surface area contributed by atoms with E-state index in [2.05, 4.69) is 254 Å². The van der Waals surface area contributed by atoms with E-state index < -0.39 is 0 Å². The van der Waals surface area contributed by atoms with Gasteiger partial charge in [0.25, 0.3) is 0 Å². The molecule has 1 aliphatic rings. The summed E-state index contributed by atoms with van der Waals surface area (Å²) in [7, 11) is 0. The van der Waals surface area contributed by atoms with Crippen LogP contribution in [0.15, 0.2) is 231 Å². The molecule has 0 radical (unpaired) electrons. The van der Waals surface area contributed by atoms with Gasteiger partial charge in [-0.15, -0.1) is 0 Å². The lowest BCUT2D eigenvalue weighted by Gasteiger charge is -2.25. The highest BCUT2D eigenvalue weighted by atomic mass is 15.0. The second kappa shape index (κ2) is 14.4. The molecule has 0 fully saturated rings. The minimum Gasteiger partial charge on any atom is -0.309 e. The lowest BCUT2D eigenvalue weighted by molar-refractivity contribution is 0.656. The minimum atomic E-state index is -0.298. The van der Waals surface area contributed by atoms with Gasteiger partial charge in [-0.2, -0.15) is 0 Å². The van der Waals surface area contributed by atoms with Crippen LogP contribution in [0.3, 0.4) is 0 Å². The molecule has 2 heteroatoms. The second-order valence-electron chi connectivity index (χ2n) is 18.1. The average Bonchev–Trinajstić information content (AvgIpc) is 3.96. The third-order valence-electron chi connectivity index (χ3n) is 14.1. The quantitative estimate of drug-likeness (QED) is 0.158. The highest BCUT2D eigenvalue weighted by Gasteiger charge is 2.40. The molecule has 2 nitrogen and oxygen atoms in total. The molecule has 0 bridgehead atoms. The monoisotopic (exact) mass is 828 g/mol. The highest BCUT2D eigenvalue weighted by Crippen LogP contribution is 2.55. The van der Waals surface area contributed by atoms with Gasteiger partial charge in [-0.25, -0.2) is 0 Å². The van der Waals surface area contributed by atoms with Crippen molar-refractivity contribution in [1.82, 2.24) is 9.13 Å². The van der Waals surface area contributed by atoms with Crippen LogP contribution >= 0.6 is 0 Å². The molecule has 0 amide bonds. The zero-order valence-electron chi connectivity index (χ0n) is 36.3. The van der Waals surface area contributed by atoms with Gasteiger partial charge in [0, 0.05) is 32.5 Å². The number of nitrogens with zero attached hydrogens (tertiary/aromatic N) is 2. The molecule has 12 aromatic rings. The number of fused-ring (bicyclic) bond motifs is 9. The number of hydrogen-bond donors (Lipinski definition) is 0. The van der Waals surface area contributed by atoms with Crippen molar-refractivity contribution in [3.05, 3.63) is 242 Å². The highest BCUT2D eigenvalue weighted by molar-refractivity contribution is 6.14. The van der Waals surface area contributed by atoms with Crippen molar-refractivity contribution in [3.63, 3.8) is 0 Å². The fourth-order valence-electron chi connectivity index (χ4n) is 11.1. The van der Waals surface area contributed by atoms with Gasteiger partial charge in [0.05, 0.1) is 33.4 Å². The molecule has 2 aromatic heterocycles. The molecule has 0 atom stereocenters. The number of hydrogen-bond acceptors (Lipinski definition) is 0. The van der Waals surface area contributed by atoms with Crippen LogP contribution in [0.25, 0.3) is 111 Å². The standard InChI is InChI=1S/C63H44N2/c1-63(2)54-26-16-27-59(64-55-33-29-45(41-17-7-3-8-18-41)37-50(55)51-38-46(30-34-56(51)64)42-19-9-4-10-20-42)61(54)49-25-15-28-60(62(49)63)65-57-35-31-47(43-21-11-5-12-22-43)39-52(57)53-40-48(32-36-58(53)65)44-23-13-6-14-24-44/h3-40H,1-2H3. The Balaban J connectivity index is 1.05. The fourth-order valence-corrected chi connectivity index (χ4v) is 11.1. The van der Waals surface area contributed by atoms with Gasteiger partial charge in [-0.3, -0.25) is 0 Å². The molecule has 306 valence electrons. The van der Waals surface area contributed by atoms with Gasteiger partial charge in [0.1, 0.15) is 0 Å². The largest absolute Gasteiger partial charge is 0.309 e. The molecule has 1 aliphatic carbocycles. The van der Waals surface area contributed by atoms with Crippen molar-refractivity contribution in [2.24, 2.45) is 0 Å². The van der Waals surface area contributed by atoms with E-state index >= 15 is 0 Å². The summed E-state index contributed by atoms with van der Waals surface area (Å²) in [5.74, 6) is 0. The third-order valence-corrected chi connectivity index (χ3v) is 14.1. The van der Waals surface area contributed by atoms with Crippen LogP contribution in [0.5, 0.6) is 0 Å². The van der Waals surface area contributed by atoms with Crippen molar-refractivity contribution < 1.29 is 0 Å². The Hall–Kier alpha value is -8.20. The Bertz CT molecular complexity index is 3620. The van der Waals surface area contributed by atoms with E-state index in [1.165, 1.54) is 122 Å². The van der Waals surface area contributed by atoms with E-state index in [4.69, 9.17) is 0 Å². The predicted octanol–water partition coefficient (Wildman–Crippen LogP) is 16.9. The summed E-state index contributed by atoms with van der Waals surface area (Å²) in [5, 5.41) is 5.00. The smallest absolute Gasteiger partial charge is 0.0543 e. The lowest BCUT2D eigenvalue weighted by Crippen LogP contribution is -2.18. The van der Waals surface area contributed by atoms with E-state index in [9.17, 15) is 0 Å². The Morgan fingerprint density at radius 3 is 1.02 bits per heavy atom. The number of aromatic nitrogens is 2. The predicted molar refractivity (Wildman–Crippen MR) is 274 cm³/mol. The zero-order valence-corrected chi connectivity index (χ0v) is 36.3. The maximum Gasteiger partial charge on any atom is 0.0543 e. The van der Waals surface area contributed by atoms with Gasteiger partial charge in [-0.1, -0.05) is 184 Å². The Morgan fingerprint density at radius 1 is 0.292 bits per heavy atom. The fraction of sp³-hybridized carbons (Fsp3) is 0.0476. The first kappa shape index (κ1) is 37.4. The van der Waals surface area contributed by atoms with Crippen molar-refractivity contribution in [3.8, 4) is 67.0 Å². The van der Waals surface area contributed by atoms with E-state index in [-0.39, 0.29) is 5.41 Å². The first-order chi connectivity index (χ1) is 32.0. The molecule has 0 spiro atoms. The summed E-state index contributed by atoms with van der Waals surface area (Å²) in [6.07, 6.45) is 0. The SMILES string of the molecule is CC1(C)c2cccc(-n3c4ccc(-c5ccccc5)cc4c4cc(-c5ccccc5)ccc43)c2-c2cccc(-n3c4ccc(-c5ccccc5)cc4c4cc(-c5ccccc5)ccc43)c21. The Labute approximate surface area is 378 Å². The summed E-state index contributed by atoms with van der Waals surface area (Å²) < 4.78 is 5.07. The van der Waals surface area contributed by atoms with Gasteiger partial charge < -0.3 is 9.13 Å². The van der Waals surface area contributed by atoms with Crippen molar-refractivity contribution in [2.45, 2.75) is 19.3 Å². The molecule has 13 rings (SSSR count). The van der Waals surface area contributed by atoms with E-state index in [0.29, 0.717) is 0 Å². The van der Waals surface area contributed by atoms with Crippen molar-refractivity contribution in [2.75, 3.05) is 0 Å².